The van der Waals surface area contributed by atoms with Gasteiger partial charge in [-0.2, -0.15) is 0 Å². The molecule has 24 heavy (non-hydrogen) atoms. The standard InChI is InChI=1S/C19H23NO4/c1-23-18-8-7-13(15-5-3-4-6-16(15)18)12-20-10-9-14(21)11-17(20)19(22)24-2/h3-8,14,17,21H,9-12H2,1-2H3/t14-,17+/m0/s1. The van der Waals surface area contributed by atoms with Crippen molar-refractivity contribution < 1.29 is 19.4 Å². The zero-order valence-electron chi connectivity index (χ0n) is 14.1. The molecule has 2 aromatic carbocycles. The highest BCUT2D eigenvalue weighted by Crippen LogP contribution is 2.30. The van der Waals surface area contributed by atoms with Gasteiger partial charge in [0.05, 0.1) is 20.3 Å². The molecule has 1 saturated heterocycles. The predicted molar refractivity (Wildman–Crippen MR) is 92.0 cm³/mol. The Morgan fingerprint density at radius 3 is 2.67 bits per heavy atom. The van der Waals surface area contributed by atoms with Gasteiger partial charge in [-0.25, -0.2) is 0 Å². The van der Waals surface area contributed by atoms with Crippen LogP contribution < -0.4 is 4.74 Å². The second-order valence-corrected chi connectivity index (χ2v) is 6.16. The normalized spacial score (nSPS) is 21.6. The second-order valence-electron chi connectivity index (χ2n) is 6.16. The van der Waals surface area contributed by atoms with Crippen LogP contribution in [0.2, 0.25) is 0 Å². The summed E-state index contributed by atoms with van der Waals surface area (Å²) in [7, 11) is 3.06. The molecule has 1 fully saturated rings. The van der Waals surface area contributed by atoms with Gasteiger partial charge in [0.25, 0.3) is 0 Å². The number of aliphatic hydroxyl groups excluding tert-OH is 1. The van der Waals surface area contributed by atoms with Crippen LogP contribution in [0.1, 0.15) is 18.4 Å². The van der Waals surface area contributed by atoms with E-state index in [0.717, 1.165) is 22.1 Å². The number of methoxy groups -OCH3 is 2. The van der Waals surface area contributed by atoms with Gasteiger partial charge in [-0.3, -0.25) is 9.69 Å². The minimum absolute atomic E-state index is 0.286. The molecule has 0 radical (unpaired) electrons. The van der Waals surface area contributed by atoms with Gasteiger partial charge >= 0.3 is 5.97 Å². The lowest BCUT2D eigenvalue weighted by Crippen LogP contribution is -2.48. The molecule has 2 atom stereocenters. The van der Waals surface area contributed by atoms with E-state index in [-0.39, 0.29) is 5.97 Å². The van der Waals surface area contributed by atoms with E-state index < -0.39 is 12.1 Å². The van der Waals surface area contributed by atoms with E-state index in [9.17, 15) is 9.90 Å². The Hall–Kier alpha value is -2.11. The number of hydrogen-bond donors (Lipinski definition) is 1. The van der Waals surface area contributed by atoms with E-state index in [1.807, 2.05) is 30.3 Å². The van der Waals surface area contributed by atoms with Crippen LogP contribution in [-0.2, 0) is 16.1 Å². The van der Waals surface area contributed by atoms with Crippen LogP contribution in [0.3, 0.4) is 0 Å². The van der Waals surface area contributed by atoms with Crippen LogP contribution in [0.4, 0.5) is 0 Å². The van der Waals surface area contributed by atoms with E-state index in [2.05, 4.69) is 11.0 Å². The summed E-state index contributed by atoms with van der Waals surface area (Å²) in [6.07, 6.45) is 0.639. The van der Waals surface area contributed by atoms with E-state index in [1.54, 1.807) is 7.11 Å². The molecule has 1 N–H and O–H groups in total. The van der Waals surface area contributed by atoms with Crippen molar-refractivity contribution in [1.29, 1.82) is 0 Å². The molecule has 5 nitrogen and oxygen atoms in total. The summed E-state index contributed by atoms with van der Waals surface area (Å²) >= 11 is 0. The maximum absolute atomic E-state index is 12.1. The highest BCUT2D eigenvalue weighted by atomic mass is 16.5. The molecular formula is C19H23NO4. The number of piperidine rings is 1. The number of ether oxygens (including phenoxy) is 2. The van der Waals surface area contributed by atoms with E-state index in [0.29, 0.717) is 25.9 Å². The van der Waals surface area contributed by atoms with Crippen LogP contribution in [-0.4, -0.2) is 48.9 Å². The smallest absolute Gasteiger partial charge is 0.323 e. The Kier molecular flexibility index (Phi) is 5.02. The molecule has 1 aliphatic rings. The van der Waals surface area contributed by atoms with Gasteiger partial charge in [0, 0.05) is 18.5 Å². The molecule has 2 aromatic rings. The first-order chi connectivity index (χ1) is 11.6. The first-order valence-electron chi connectivity index (χ1n) is 8.18. The van der Waals surface area contributed by atoms with Crippen molar-refractivity contribution in [3.05, 3.63) is 42.0 Å². The van der Waals surface area contributed by atoms with Crippen LogP contribution in [0.5, 0.6) is 5.75 Å². The SMILES string of the molecule is COC(=O)[C@H]1C[C@@H](O)CCN1Cc1ccc(OC)c2ccccc12. The fourth-order valence-electron chi connectivity index (χ4n) is 3.43. The predicted octanol–water partition coefficient (Wildman–Crippen LogP) is 2.35. The molecule has 0 aliphatic carbocycles. The highest BCUT2D eigenvalue weighted by Gasteiger charge is 2.33. The molecule has 0 aromatic heterocycles. The number of benzene rings is 2. The van der Waals surface area contributed by atoms with Gasteiger partial charge in [0.15, 0.2) is 0 Å². The number of esters is 1. The number of rotatable bonds is 4. The third-order valence-electron chi connectivity index (χ3n) is 4.73. The monoisotopic (exact) mass is 329 g/mol. The number of aliphatic hydroxyl groups is 1. The number of fused-ring (bicyclic) bond motifs is 1. The average Bonchev–Trinajstić information content (AvgIpc) is 2.62. The fraction of sp³-hybridized carbons (Fsp3) is 0.421. The Balaban J connectivity index is 1.92. The van der Waals surface area contributed by atoms with E-state index in [1.165, 1.54) is 7.11 Å². The topological polar surface area (TPSA) is 59.0 Å². The lowest BCUT2D eigenvalue weighted by molar-refractivity contribution is -0.150. The average molecular weight is 329 g/mol. The Bertz CT molecular complexity index is 730. The molecule has 0 spiro atoms. The zero-order valence-corrected chi connectivity index (χ0v) is 14.1. The Morgan fingerprint density at radius 2 is 1.96 bits per heavy atom. The van der Waals surface area contributed by atoms with Gasteiger partial charge in [-0.05, 0) is 29.9 Å². The summed E-state index contributed by atoms with van der Waals surface area (Å²) in [5, 5.41) is 12.1. The van der Waals surface area contributed by atoms with E-state index in [4.69, 9.17) is 9.47 Å². The third kappa shape index (κ3) is 3.23. The van der Waals surface area contributed by atoms with Crippen molar-refractivity contribution in [2.45, 2.75) is 31.5 Å². The van der Waals surface area contributed by atoms with Crippen molar-refractivity contribution in [3.8, 4) is 5.75 Å². The lowest BCUT2D eigenvalue weighted by atomic mass is 9.97. The van der Waals surface area contributed by atoms with Crippen LogP contribution in [0.25, 0.3) is 10.8 Å². The van der Waals surface area contributed by atoms with Crippen molar-refractivity contribution in [1.82, 2.24) is 4.90 Å². The lowest BCUT2D eigenvalue weighted by Gasteiger charge is -2.36. The van der Waals surface area contributed by atoms with E-state index >= 15 is 0 Å². The Labute approximate surface area is 141 Å². The van der Waals surface area contributed by atoms with Crippen LogP contribution in [0, 0.1) is 0 Å². The molecular weight excluding hydrogens is 306 g/mol. The molecule has 1 aliphatic heterocycles. The maximum Gasteiger partial charge on any atom is 0.323 e. The molecule has 128 valence electrons. The molecule has 0 amide bonds. The summed E-state index contributed by atoms with van der Waals surface area (Å²) in [6.45, 7) is 1.30. The summed E-state index contributed by atoms with van der Waals surface area (Å²) in [6, 6.07) is 11.7. The quantitative estimate of drug-likeness (QED) is 0.873. The molecule has 0 bridgehead atoms. The van der Waals surface area contributed by atoms with Crippen molar-refractivity contribution >= 4 is 16.7 Å². The van der Waals surface area contributed by atoms with Gasteiger partial charge in [0.1, 0.15) is 11.8 Å². The minimum Gasteiger partial charge on any atom is -0.496 e. The minimum atomic E-state index is -0.446. The Morgan fingerprint density at radius 1 is 1.21 bits per heavy atom. The van der Waals surface area contributed by atoms with Gasteiger partial charge in [-0.15, -0.1) is 0 Å². The van der Waals surface area contributed by atoms with Crippen molar-refractivity contribution in [2.24, 2.45) is 0 Å². The molecule has 0 unspecified atom stereocenters. The molecule has 1 heterocycles. The van der Waals surface area contributed by atoms with Crippen LogP contribution in [0.15, 0.2) is 36.4 Å². The van der Waals surface area contributed by atoms with Gasteiger partial charge in [0.2, 0.25) is 0 Å². The summed E-state index contributed by atoms with van der Waals surface area (Å²) in [4.78, 5) is 14.2. The highest BCUT2D eigenvalue weighted by molar-refractivity contribution is 5.91. The first kappa shape index (κ1) is 16.7. The second kappa shape index (κ2) is 7.20. The maximum atomic E-state index is 12.1. The number of likely N-dealkylation sites (tertiary alicyclic amines) is 1. The molecule has 0 saturated carbocycles. The first-order valence-corrected chi connectivity index (χ1v) is 8.18. The zero-order chi connectivity index (χ0) is 17.1. The molecule has 5 heteroatoms. The van der Waals surface area contributed by atoms with Gasteiger partial charge < -0.3 is 14.6 Å². The van der Waals surface area contributed by atoms with Crippen molar-refractivity contribution in [2.75, 3.05) is 20.8 Å². The summed E-state index contributed by atoms with van der Waals surface area (Å²) < 4.78 is 10.4. The number of carbonyl (C=O) groups is 1. The molecule has 3 rings (SSSR count). The number of hydrogen-bond acceptors (Lipinski definition) is 5. The summed E-state index contributed by atoms with van der Waals surface area (Å²) in [5.74, 6) is 0.555. The fourth-order valence-corrected chi connectivity index (χ4v) is 3.43. The summed E-state index contributed by atoms with van der Waals surface area (Å²) in [5.41, 5.74) is 1.14. The number of nitrogens with zero attached hydrogens (tertiary/aromatic N) is 1. The van der Waals surface area contributed by atoms with Crippen molar-refractivity contribution in [3.63, 3.8) is 0 Å². The van der Waals surface area contributed by atoms with Crippen LogP contribution >= 0.6 is 0 Å². The largest absolute Gasteiger partial charge is 0.496 e. The van der Waals surface area contributed by atoms with Gasteiger partial charge in [-0.1, -0.05) is 30.3 Å². The third-order valence-corrected chi connectivity index (χ3v) is 4.73. The number of carbonyl (C=O) groups excluding carboxylic acids is 1.